The number of rotatable bonds is 4. The van der Waals surface area contributed by atoms with E-state index in [2.05, 4.69) is 20.1 Å². The quantitative estimate of drug-likeness (QED) is 0.919. The van der Waals surface area contributed by atoms with Crippen LogP contribution in [0.3, 0.4) is 0 Å². The molecule has 2 heterocycles. The largest absolute Gasteiger partial charge is 0.346 e. The maximum absolute atomic E-state index is 13.2. The van der Waals surface area contributed by atoms with Crippen LogP contribution in [0.4, 0.5) is 19.6 Å². The minimum absolute atomic E-state index is 0.233. The number of aromatic nitrogens is 1. The van der Waals surface area contributed by atoms with E-state index in [-0.39, 0.29) is 17.6 Å². The van der Waals surface area contributed by atoms with Crippen LogP contribution in [0.2, 0.25) is 0 Å². The summed E-state index contributed by atoms with van der Waals surface area (Å²) >= 11 is 1.60. The molecular formula is C16H18F2N4OS. The minimum Gasteiger partial charge on any atom is -0.346 e. The summed E-state index contributed by atoms with van der Waals surface area (Å²) in [5, 5.41) is 5.57. The zero-order valence-corrected chi connectivity index (χ0v) is 14.0. The zero-order valence-electron chi connectivity index (χ0n) is 13.2. The number of carbonyl (C=O) groups excluding carboxylic acids is 1. The lowest BCUT2D eigenvalue weighted by molar-refractivity contribution is -0.120. The molecule has 1 aliphatic rings. The van der Waals surface area contributed by atoms with E-state index < -0.39 is 11.6 Å². The second-order valence-corrected chi connectivity index (χ2v) is 6.50. The molecule has 1 saturated heterocycles. The number of halogens is 2. The number of amides is 1. The summed E-state index contributed by atoms with van der Waals surface area (Å²) in [7, 11) is 0. The molecule has 128 valence electrons. The monoisotopic (exact) mass is 352 g/mol. The van der Waals surface area contributed by atoms with Crippen molar-refractivity contribution < 1.29 is 13.6 Å². The fraction of sp³-hybridized carbons (Fsp3) is 0.375. The number of hydrogen-bond acceptors (Lipinski definition) is 5. The molecule has 0 radical (unpaired) electrons. The Bertz CT molecular complexity index is 702. The molecule has 1 fully saturated rings. The van der Waals surface area contributed by atoms with E-state index in [1.165, 1.54) is 6.07 Å². The third kappa shape index (κ3) is 3.70. The molecule has 1 N–H and O–H groups in total. The van der Waals surface area contributed by atoms with Crippen molar-refractivity contribution in [2.45, 2.75) is 13.0 Å². The Morgan fingerprint density at radius 2 is 2.00 bits per heavy atom. The molecule has 3 rings (SSSR count). The number of anilines is 2. The third-order valence-corrected chi connectivity index (χ3v) is 4.95. The molecule has 0 aliphatic carbocycles. The predicted octanol–water partition coefficient (Wildman–Crippen LogP) is 2.57. The smallest absolute Gasteiger partial charge is 0.241 e. The molecule has 0 saturated carbocycles. The Morgan fingerprint density at radius 1 is 1.25 bits per heavy atom. The Balaban J connectivity index is 1.55. The van der Waals surface area contributed by atoms with Crippen molar-refractivity contribution in [3.63, 3.8) is 0 Å². The van der Waals surface area contributed by atoms with Crippen LogP contribution in [0.1, 0.15) is 6.92 Å². The Labute approximate surface area is 142 Å². The van der Waals surface area contributed by atoms with Crippen molar-refractivity contribution in [1.82, 2.24) is 9.88 Å². The summed E-state index contributed by atoms with van der Waals surface area (Å²) in [5.74, 6) is -2.14. The standard InChI is InChI=1S/C16H18F2N4OS/c1-11(15(23)20-12-2-3-13(17)14(18)10-12)21-5-7-22(8-6-21)16-19-4-9-24-16/h2-4,9-11H,5-8H2,1H3,(H,20,23)/t11-/m1/s1. The van der Waals surface area contributed by atoms with Gasteiger partial charge in [0, 0.05) is 49.5 Å². The van der Waals surface area contributed by atoms with Gasteiger partial charge in [0.25, 0.3) is 0 Å². The Morgan fingerprint density at radius 3 is 2.62 bits per heavy atom. The second kappa shape index (κ2) is 7.23. The minimum atomic E-state index is -0.975. The summed E-state index contributed by atoms with van der Waals surface area (Å²) in [5.41, 5.74) is 0.257. The van der Waals surface area contributed by atoms with Gasteiger partial charge in [-0.05, 0) is 19.1 Å². The average molecular weight is 352 g/mol. The highest BCUT2D eigenvalue weighted by Crippen LogP contribution is 2.20. The Hall–Kier alpha value is -2.06. The molecule has 0 unspecified atom stereocenters. The van der Waals surface area contributed by atoms with Gasteiger partial charge >= 0.3 is 0 Å². The summed E-state index contributed by atoms with van der Waals surface area (Å²) in [6.45, 7) is 4.90. The van der Waals surface area contributed by atoms with Gasteiger partial charge in [0.05, 0.1) is 6.04 Å². The lowest BCUT2D eigenvalue weighted by Gasteiger charge is -2.37. The molecule has 5 nitrogen and oxygen atoms in total. The summed E-state index contributed by atoms with van der Waals surface area (Å²) in [6.07, 6.45) is 1.78. The first kappa shape index (κ1) is 16.8. The number of nitrogens with zero attached hydrogens (tertiary/aromatic N) is 3. The van der Waals surface area contributed by atoms with E-state index in [9.17, 15) is 13.6 Å². The molecular weight excluding hydrogens is 334 g/mol. The van der Waals surface area contributed by atoms with E-state index >= 15 is 0 Å². The number of thiazole rings is 1. The second-order valence-electron chi connectivity index (χ2n) is 5.63. The molecule has 1 aromatic heterocycles. The first-order valence-corrected chi connectivity index (χ1v) is 8.57. The fourth-order valence-corrected chi connectivity index (χ4v) is 3.36. The fourth-order valence-electron chi connectivity index (χ4n) is 2.66. The maximum Gasteiger partial charge on any atom is 0.241 e. The lowest BCUT2D eigenvalue weighted by atomic mass is 10.2. The van der Waals surface area contributed by atoms with Crippen LogP contribution in [0.25, 0.3) is 0 Å². The van der Waals surface area contributed by atoms with Gasteiger partial charge in [-0.2, -0.15) is 0 Å². The molecule has 8 heteroatoms. The van der Waals surface area contributed by atoms with Crippen molar-refractivity contribution >= 4 is 28.1 Å². The van der Waals surface area contributed by atoms with Gasteiger partial charge in [0.2, 0.25) is 5.91 Å². The molecule has 1 aliphatic heterocycles. The number of benzene rings is 1. The average Bonchev–Trinajstić information content (AvgIpc) is 3.12. The van der Waals surface area contributed by atoms with Gasteiger partial charge in [-0.1, -0.05) is 0 Å². The predicted molar refractivity (Wildman–Crippen MR) is 90.3 cm³/mol. The van der Waals surface area contributed by atoms with E-state index in [1.54, 1.807) is 17.5 Å². The highest BCUT2D eigenvalue weighted by Gasteiger charge is 2.26. The van der Waals surface area contributed by atoms with Crippen LogP contribution >= 0.6 is 11.3 Å². The van der Waals surface area contributed by atoms with E-state index in [0.717, 1.165) is 43.4 Å². The number of piperazine rings is 1. The van der Waals surface area contributed by atoms with Crippen molar-refractivity contribution in [2.75, 3.05) is 36.4 Å². The van der Waals surface area contributed by atoms with Crippen molar-refractivity contribution in [3.05, 3.63) is 41.4 Å². The van der Waals surface area contributed by atoms with Gasteiger partial charge < -0.3 is 10.2 Å². The zero-order chi connectivity index (χ0) is 17.1. The van der Waals surface area contributed by atoms with Crippen LogP contribution in [0.15, 0.2) is 29.8 Å². The highest BCUT2D eigenvalue weighted by atomic mass is 32.1. The van der Waals surface area contributed by atoms with E-state index in [0.29, 0.717) is 0 Å². The van der Waals surface area contributed by atoms with Crippen LogP contribution in [0, 0.1) is 11.6 Å². The molecule has 1 aromatic carbocycles. The number of carbonyl (C=O) groups is 1. The third-order valence-electron chi connectivity index (χ3n) is 4.12. The van der Waals surface area contributed by atoms with Crippen LogP contribution in [0.5, 0.6) is 0 Å². The van der Waals surface area contributed by atoms with Crippen molar-refractivity contribution in [3.8, 4) is 0 Å². The summed E-state index contributed by atoms with van der Waals surface area (Å²) in [4.78, 5) is 20.9. The van der Waals surface area contributed by atoms with Gasteiger partial charge in [-0.25, -0.2) is 13.8 Å². The lowest BCUT2D eigenvalue weighted by Crippen LogP contribution is -2.52. The number of hydrogen-bond donors (Lipinski definition) is 1. The van der Waals surface area contributed by atoms with Crippen LogP contribution in [-0.4, -0.2) is 48.0 Å². The van der Waals surface area contributed by atoms with Crippen molar-refractivity contribution in [1.29, 1.82) is 0 Å². The SMILES string of the molecule is C[C@H](C(=O)Nc1ccc(F)c(F)c1)N1CCN(c2nccs2)CC1. The van der Waals surface area contributed by atoms with Crippen molar-refractivity contribution in [2.24, 2.45) is 0 Å². The van der Waals surface area contributed by atoms with Crippen LogP contribution < -0.4 is 10.2 Å². The molecule has 1 amide bonds. The molecule has 0 spiro atoms. The van der Waals surface area contributed by atoms with Gasteiger partial charge in [-0.15, -0.1) is 11.3 Å². The summed E-state index contributed by atoms with van der Waals surface area (Å²) < 4.78 is 26.1. The molecule has 2 aromatic rings. The maximum atomic E-state index is 13.2. The molecule has 24 heavy (non-hydrogen) atoms. The first-order chi connectivity index (χ1) is 11.5. The molecule has 1 atom stereocenters. The number of nitrogens with one attached hydrogen (secondary N) is 1. The Kier molecular flexibility index (Phi) is 5.06. The topological polar surface area (TPSA) is 48.5 Å². The summed E-state index contributed by atoms with van der Waals surface area (Å²) in [6, 6.07) is 2.99. The van der Waals surface area contributed by atoms with Gasteiger partial charge in [-0.3, -0.25) is 9.69 Å². The van der Waals surface area contributed by atoms with Gasteiger partial charge in [0.15, 0.2) is 16.8 Å². The van der Waals surface area contributed by atoms with E-state index in [4.69, 9.17) is 0 Å². The van der Waals surface area contributed by atoms with E-state index in [1.807, 2.05) is 12.3 Å². The van der Waals surface area contributed by atoms with Crippen LogP contribution in [-0.2, 0) is 4.79 Å². The molecule has 0 bridgehead atoms. The van der Waals surface area contributed by atoms with Gasteiger partial charge in [0.1, 0.15) is 0 Å². The first-order valence-electron chi connectivity index (χ1n) is 7.69. The highest BCUT2D eigenvalue weighted by molar-refractivity contribution is 7.13. The normalized spacial score (nSPS) is 16.9.